The van der Waals surface area contributed by atoms with Crippen LogP contribution in [0, 0.1) is 23.7 Å². The zero-order valence-corrected chi connectivity index (χ0v) is 27.1. The maximum absolute atomic E-state index is 13.6. The number of amides is 1. The SMILES string of the molecule is CCN(C)CC[NH+](C)CC(=O)NNn1cc(-c2ccnn2-c2ccc(C#N)cc2)c(C)c(-c2cccc(C(F)(F)F)c2)c1=N.CCl. The minimum absolute atomic E-state index is 0.152. The van der Waals surface area contributed by atoms with Crippen molar-refractivity contribution in [3.8, 4) is 34.1 Å². The number of hydrazine groups is 1. The number of aromatic nitrogens is 3. The predicted molar refractivity (Wildman–Crippen MR) is 172 cm³/mol. The molecular weight excluding hydrogens is 619 g/mol. The number of carbonyl (C=O) groups is 1. The lowest BCUT2D eigenvalue weighted by Gasteiger charge is -2.21. The lowest BCUT2D eigenvalue weighted by Crippen LogP contribution is -3.11. The smallest absolute Gasteiger partial charge is 0.328 e. The van der Waals surface area contributed by atoms with E-state index in [9.17, 15) is 23.2 Å². The van der Waals surface area contributed by atoms with Gasteiger partial charge in [-0.2, -0.15) is 23.5 Å². The second-order valence-electron chi connectivity index (χ2n) is 10.6. The summed E-state index contributed by atoms with van der Waals surface area (Å²) in [4.78, 5) is 15.9. The number of nitrogens with zero attached hydrogens (tertiary/aromatic N) is 5. The lowest BCUT2D eigenvalue weighted by molar-refractivity contribution is -0.870. The van der Waals surface area contributed by atoms with Crippen LogP contribution in [0.5, 0.6) is 0 Å². The zero-order valence-electron chi connectivity index (χ0n) is 26.3. The molecule has 0 saturated heterocycles. The van der Waals surface area contributed by atoms with Gasteiger partial charge in [0, 0.05) is 30.3 Å². The number of benzene rings is 2. The molecule has 14 heteroatoms. The standard InChI is InChI=1S/C31H34F3N9O.CH3Cl/c1-5-40(3)15-16-41(4)20-28(44)38-39-42-19-26(27-13-14-37-43(27)25-11-9-22(18-35)10-12-25)21(2)29(30(42)36)23-7-6-8-24(17-23)31(32,33)34;1-2/h6-14,17,19,36,39H,5,15-16,20H2,1-4H3,(H,38,44);1H3/p+1. The molecule has 0 fully saturated rings. The fourth-order valence-corrected chi connectivity index (χ4v) is 4.73. The number of alkyl halides is 4. The maximum atomic E-state index is 13.6. The second kappa shape index (κ2) is 16.1. The number of halogens is 4. The molecule has 46 heavy (non-hydrogen) atoms. The number of quaternary nitrogens is 1. The van der Waals surface area contributed by atoms with Crippen molar-refractivity contribution in [2.24, 2.45) is 0 Å². The number of carbonyl (C=O) groups excluding carboxylic acids is 1. The molecule has 2 aromatic heterocycles. The van der Waals surface area contributed by atoms with Crippen LogP contribution in [0.1, 0.15) is 23.6 Å². The van der Waals surface area contributed by atoms with Crippen LogP contribution >= 0.6 is 11.6 Å². The molecule has 1 amide bonds. The molecule has 0 aliphatic carbocycles. The summed E-state index contributed by atoms with van der Waals surface area (Å²) in [6.07, 6.45) is 0.0824. The van der Waals surface area contributed by atoms with E-state index in [-0.39, 0.29) is 29.1 Å². The van der Waals surface area contributed by atoms with E-state index in [1.165, 1.54) is 23.2 Å². The first-order valence-corrected chi connectivity index (χ1v) is 15.1. The molecule has 4 rings (SSSR count). The first-order valence-electron chi connectivity index (χ1n) is 14.4. The van der Waals surface area contributed by atoms with Gasteiger partial charge in [0.05, 0.1) is 48.4 Å². The van der Waals surface area contributed by atoms with Gasteiger partial charge in [0.25, 0.3) is 5.91 Å². The molecule has 10 nitrogen and oxygen atoms in total. The quantitative estimate of drug-likeness (QED) is 0.145. The van der Waals surface area contributed by atoms with Gasteiger partial charge in [-0.25, -0.2) is 14.9 Å². The van der Waals surface area contributed by atoms with Crippen LogP contribution < -0.4 is 21.3 Å². The zero-order chi connectivity index (χ0) is 34.0. The molecule has 4 N–H and O–H groups in total. The molecule has 0 bridgehead atoms. The topological polar surface area (TPSA) is 119 Å². The van der Waals surface area contributed by atoms with Crippen molar-refractivity contribution in [1.82, 2.24) is 24.8 Å². The van der Waals surface area contributed by atoms with Gasteiger partial charge in [-0.05, 0) is 74.1 Å². The summed E-state index contributed by atoms with van der Waals surface area (Å²) >= 11 is 4.64. The molecular formula is C32H38ClF3N9O+. The average Bonchev–Trinajstić information content (AvgIpc) is 3.54. The predicted octanol–water partition coefficient (Wildman–Crippen LogP) is 3.58. The van der Waals surface area contributed by atoms with Crippen molar-refractivity contribution in [3.63, 3.8) is 0 Å². The molecule has 0 aliphatic heterocycles. The number of nitrogens with one attached hydrogen (secondary N) is 4. The van der Waals surface area contributed by atoms with E-state index in [4.69, 9.17) is 5.41 Å². The molecule has 2 heterocycles. The third kappa shape index (κ3) is 8.75. The maximum Gasteiger partial charge on any atom is 0.416 e. The number of hydrogen-bond acceptors (Lipinski definition) is 6. The van der Waals surface area contributed by atoms with E-state index in [0.717, 1.165) is 36.7 Å². The summed E-state index contributed by atoms with van der Waals surface area (Å²) in [5.41, 5.74) is 7.67. The largest absolute Gasteiger partial charge is 0.416 e. The van der Waals surface area contributed by atoms with E-state index >= 15 is 0 Å². The highest BCUT2D eigenvalue weighted by molar-refractivity contribution is 6.15. The van der Waals surface area contributed by atoms with Crippen molar-refractivity contribution in [1.29, 1.82) is 10.7 Å². The summed E-state index contributed by atoms with van der Waals surface area (Å²) in [6.45, 7) is 6.43. The lowest BCUT2D eigenvalue weighted by atomic mass is 9.96. The Balaban J connectivity index is 0.00000282. The molecule has 0 spiro atoms. The van der Waals surface area contributed by atoms with Gasteiger partial charge < -0.3 is 9.80 Å². The summed E-state index contributed by atoms with van der Waals surface area (Å²) in [6, 6.07) is 15.4. The number of hydrogen-bond donors (Lipinski definition) is 4. The molecule has 0 saturated carbocycles. The van der Waals surface area contributed by atoms with Crippen LogP contribution in [0.3, 0.4) is 0 Å². The Bertz CT molecular complexity index is 1730. The monoisotopic (exact) mass is 656 g/mol. The normalized spacial score (nSPS) is 11.8. The Hall–Kier alpha value is -4.64. The number of pyridine rings is 1. The van der Waals surface area contributed by atoms with Crippen molar-refractivity contribution < 1.29 is 22.9 Å². The highest BCUT2D eigenvalue weighted by Crippen LogP contribution is 2.34. The van der Waals surface area contributed by atoms with Crippen LogP contribution in [0.15, 0.2) is 67.0 Å². The van der Waals surface area contributed by atoms with E-state index in [2.05, 4.69) is 45.6 Å². The van der Waals surface area contributed by atoms with Crippen molar-refractivity contribution >= 4 is 17.5 Å². The van der Waals surface area contributed by atoms with Gasteiger partial charge >= 0.3 is 6.18 Å². The first kappa shape index (κ1) is 35.8. The Morgan fingerprint density at radius 3 is 2.50 bits per heavy atom. The van der Waals surface area contributed by atoms with Crippen molar-refractivity contribution in [3.05, 3.63) is 89.2 Å². The minimum Gasteiger partial charge on any atom is -0.328 e. The molecule has 2 aromatic carbocycles. The third-order valence-corrected chi connectivity index (χ3v) is 7.39. The van der Waals surface area contributed by atoms with Gasteiger partial charge in [0.1, 0.15) is 0 Å². The fraction of sp³-hybridized carbons (Fsp3) is 0.312. The minimum atomic E-state index is -4.57. The highest BCUT2D eigenvalue weighted by atomic mass is 35.5. The van der Waals surface area contributed by atoms with Gasteiger partial charge in [-0.1, -0.05) is 19.1 Å². The number of nitriles is 1. The first-order chi connectivity index (χ1) is 21.9. The van der Waals surface area contributed by atoms with Crippen molar-refractivity contribution in [2.45, 2.75) is 20.0 Å². The Labute approximate surface area is 271 Å². The van der Waals surface area contributed by atoms with Crippen LogP contribution in [0.2, 0.25) is 0 Å². The highest BCUT2D eigenvalue weighted by Gasteiger charge is 2.31. The van der Waals surface area contributed by atoms with E-state index in [1.807, 2.05) is 14.1 Å². The second-order valence-corrected chi connectivity index (χ2v) is 10.6. The van der Waals surface area contributed by atoms with Gasteiger partial charge in [0.15, 0.2) is 12.0 Å². The molecule has 4 aromatic rings. The molecule has 0 aliphatic rings. The van der Waals surface area contributed by atoms with Gasteiger partial charge in [0.2, 0.25) is 0 Å². The van der Waals surface area contributed by atoms with Crippen molar-refractivity contribution in [2.75, 3.05) is 52.2 Å². The van der Waals surface area contributed by atoms with Crippen LogP contribution in [0.4, 0.5) is 13.2 Å². The summed E-state index contributed by atoms with van der Waals surface area (Å²) in [5, 5.41) is 22.6. The van der Waals surface area contributed by atoms with Crippen LogP contribution in [-0.2, 0) is 11.0 Å². The van der Waals surface area contributed by atoms with E-state index < -0.39 is 11.7 Å². The van der Waals surface area contributed by atoms with Gasteiger partial charge in [-0.15, -0.1) is 11.6 Å². The summed E-state index contributed by atoms with van der Waals surface area (Å²) in [5.74, 6) is -0.320. The molecule has 244 valence electrons. The van der Waals surface area contributed by atoms with Crippen LogP contribution in [0.25, 0.3) is 28.1 Å². The van der Waals surface area contributed by atoms with Gasteiger partial charge in [-0.3, -0.25) is 15.6 Å². The number of likely N-dealkylation sites (N-methyl/N-ethyl adjacent to an activating group) is 2. The number of rotatable bonds is 11. The van der Waals surface area contributed by atoms with E-state index in [1.54, 1.807) is 54.3 Å². The third-order valence-electron chi connectivity index (χ3n) is 7.39. The fourth-order valence-electron chi connectivity index (χ4n) is 4.73. The van der Waals surface area contributed by atoms with Crippen LogP contribution in [-0.4, -0.2) is 71.9 Å². The molecule has 0 radical (unpaired) electrons. The molecule has 1 atom stereocenters. The molecule has 1 unspecified atom stereocenters. The Kier molecular flexibility index (Phi) is 12.5. The summed E-state index contributed by atoms with van der Waals surface area (Å²) in [7, 11) is 3.91. The Morgan fingerprint density at radius 2 is 1.87 bits per heavy atom. The van der Waals surface area contributed by atoms with E-state index in [0.29, 0.717) is 28.1 Å². The average molecular weight is 657 g/mol. The summed E-state index contributed by atoms with van der Waals surface area (Å²) < 4.78 is 43.8. The Morgan fingerprint density at radius 1 is 1.17 bits per heavy atom.